The summed E-state index contributed by atoms with van der Waals surface area (Å²) in [6.45, 7) is 3.98. The number of hydrogen-bond donors (Lipinski definition) is 4. The Hall–Kier alpha value is -0.400. The van der Waals surface area contributed by atoms with Crippen molar-refractivity contribution in [1.29, 1.82) is 0 Å². The van der Waals surface area contributed by atoms with Crippen molar-refractivity contribution in [3.63, 3.8) is 0 Å². The fraction of sp³-hybridized carbons (Fsp3) is 1.00. The lowest BCUT2D eigenvalue weighted by molar-refractivity contribution is -0.371. The van der Waals surface area contributed by atoms with E-state index in [-0.39, 0.29) is 37.4 Å². The van der Waals surface area contributed by atoms with Crippen LogP contribution in [0.2, 0.25) is 0 Å². The number of hydrogen-bond acceptors (Lipinski definition) is 10. The highest BCUT2D eigenvalue weighted by atomic mass is 16.7. The Labute approximate surface area is 175 Å². The molecular formula is C20H32O10. The normalized spacial score (nSPS) is 55.0. The zero-order valence-electron chi connectivity index (χ0n) is 17.2. The zero-order chi connectivity index (χ0) is 21.2. The molecule has 10 nitrogen and oxygen atoms in total. The summed E-state index contributed by atoms with van der Waals surface area (Å²) in [5.74, 6) is -0.677. The van der Waals surface area contributed by atoms with Gasteiger partial charge in [0.1, 0.15) is 42.7 Å². The lowest BCUT2D eigenvalue weighted by Crippen LogP contribution is -2.72. The van der Waals surface area contributed by atoms with Crippen LogP contribution in [0, 0.1) is 0 Å². The molecule has 30 heavy (non-hydrogen) atoms. The van der Waals surface area contributed by atoms with Crippen LogP contribution >= 0.6 is 0 Å². The van der Waals surface area contributed by atoms with E-state index < -0.39 is 54.6 Å². The second-order valence-electron chi connectivity index (χ2n) is 9.45. The SMILES string of the molecule is CC1(C)OC[C@@H]2O[C@@H]3C[C@@H]4O[C@H]5[C@H](O)[C@@H](O)[C@H](CCO)O[C@@H]5[C@H](O)[C@H]4O[C@H]3C[C@H]2O1. The molecular weight excluding hydrogens is 400 g/mol. The third-order valence-electron chi connectivity index (χ3n) is 6.98. The highest BCUT2D eigenvalue weighted by molar-refractivity contribution is 5.06. The molecule has 5 heterocycles. The van der Waals surface area contributed by atoms with Gasteiger partial charge >= 0.3 is 0 Å². The van der Waals surface area contributed by atoms with Crippen molar-refractivity contribution in [3.8, 4) is 0 Å². The number of rotatable bonds is 2. The van der Waals surface area contributed by atoms with Gasteiger partial charge < -0.3 is 48.8 Å². The van der Waals surface area contributed by atoms with Gasteiger partial charge in [0.25, 0.3) is 0 Å². The molecule has 0 spiro atoms. The van der Waals surface area contributed by atoms with Gasteiger partial charge in [-0.1, -0.05) is 0 Å². The van der Waals surface area contributed by atoms with E-state index in [1.807, 2.05) is 13.8 Å². The zero-order valence-corrected chi connectivity index (χ0v) is 17.2. The Kier molecular flexibility index (Phi) is 5.63. The minimum absolute atomic E-state index is 0.153. The summed E-state index contributed by atoms with van der Waals surface area (Å²) >= 11 is 0. The van der Waals surface area contributed by atoms with Gasteiger partial charge in [-0.3, -0.25) is 0 Å². The number of fused-ring (bicyclic) bond motifs is 4. The Morgan fingerprint density at radius 3 is 2.17 bits per heavy atom. The van der Waals surface area contributed by atoms with Crippen LogP contribution in [-0.4, -0.2) is 113 Å². The summed E-state index contributed by atoms with van der Waals surface area (Å²) in [7, 11) is 0. The molecule has 0 unspecified atom stereocenters. The van der Waals surface area contributed by atoms with Crippen molar-refractivity contribution in [2.45, 2.75) is 112 Å². The van der Waals surface area contributed by atoms with Gasteiger partial charge in [0.2, 0.25) is 0 Å². The van der Waals surface area contributed by atoms with Crippen LogP contribution in [0.4, 0.5) is 0 Å². The molecule has 0 aliphatic carbocycles. The molecule has 0 radical (unpaired) electrons. The van der Waals surface area contributed by atoms with Gasteiger partial charge in [-0.05, 0) is 20.3 Å². The van der Waals surface area contributed by atoms with Crippen molar-refractivity contribution in [2.75, 3.05) is 13.2 Å². The molecule has 172 valence electrons. The van der Waals surface area contributed by atoms with E-state index in [1.54, 1.807) is 0 Å². The van der Waals surface area contributed by atoms with Crippen LogP contribution in [-0.2, 0) is 28.4 Å². The second kappa shape index (κ2) is 7.87. The fourth-order valence-electron chi connectivity index (χ4n) is 5.48. The van der Waals surface area contributed by atoms with Crippen molar-refractivity contribution in [3.05, 3.63) is 0 Å². The third kappa shape index (κ3) is 3.61. The van der Waals surface area contributed by atoms with E-state index in [1.165, 1.54) is 0 Å². The minimum atomic E-state index is -1.23. The van der Waals surface area contributed by atoms with Crippen LogP contribution < -0.4 is 0 Å². The summed E-state index contributed by atoms with van der Waals surface area (Å²) in [6, 6.07) is 0. The lowest BCUT2D eigenvalue weighted by Gasteiger charge is -2.56. The Balaban J connectivity index is 1.31. The van der Waals surface area contributed by atoms with E-state index in [0.29, 0.717) is 19.4 Å². The number of aliphatic hydroxyl groups is 4. The predicted molar refractivity (Wildman–Crippen MR) is 98.5 cm³/mol. The third-order valence-corrected chi connectivity index (χ3v) is 6.98. The van der Waals surface area contributed by atoms with Crippen molar-refractivity contribution < 1.29 is 48.8 Å². The van der Waals surface area contributed by atoms with Crippen LogP contribution in [0.5, 0.6) is 0 Å². The maximum Gasteiger partial charge on any atom is 0.163 e. The molecule has 5 rings (SSSR count). The summed E-state index contributed by atoms with van der Waals surface area (Å²) < 4.78 is 36.0. The first-order valence-corrected chi connectivity index (χ1v) is 10.9. The van der Waals surface area contributed by atoms with Gasteiger partial charge in [-0.15, -0.1) is 0 Å². The van der Waals surface area contributed by atoms with Gasteiger partial charge in [0.15, 0.2) is 5.79 Å². The maximum atomic E-state index is 11.0. The maximum absolute atomic E-state index is 11.0. The van der Waals surface area contributed by atoms with Gasteiger partial charge in [-0.2, -0.15) is 0 Å². The Morgan fingerprint density at radius 2 is 1.40 bits per heavy atom. The quantitative estimate of drug-likeness (QED) is 0.406. The molecule has 5 saturated heterocycles. The van der Waals surface area contributed by atoms with E-state index in [4.69, 9.17) is 28.4 Å². The van der Waals surface area contributed by atoms with E-state index in [9.17, 15) is 20.4 Å². The second-order valence-corrected chi connectivity index (χ2v) is 9.45. The molecule has 0 aromatic carbocycles. The van der Waals surface area contributed by atoms with Crippen LogP contribution in [0.15, 0.2) is 0 Å². The molecule has 5 fully saturated rings. The van der Waals surface area contributed by atoms with Crippen LogP contribution in [0.3, 0.4) is 0 Å². The monoisotopic (exact) mass is 432 g/mol. The van der Waals surface area contributed by atoms with Crippen molar-refractivity contribution >= 4 is 0 Å². The predicted octanol–water partition coefficient (Wildman–Crippen LogP) is -1.55. The molecule has 0 amide bonds. The molecule has 5 aliphatic rings. The Morgan fingerprint density at radius 1 is 0.733 bits per heavy atom. The Bertz CT molecular complexity index is 629. The summed E-state index contributed by atoms with van der Waals surface area (Å²) in [5.41, 5.74) is 0. The standard InChI is InChI=1S/C20H32O10/c1-20(2)25-7-13-11(30-20)5-10-9(26-13)6-12-17(28-10)16(24)19-18(29-12)15(23)14(22)8(27-19)3-4-21/h8-19,21-24H,3-7H2,1-2H3/t8-,9+,10-,11+,12-,13-,14-,15+,16+,17-,18-,19+/m0/s1. The van der Waals surface area contributed by atoms with Gasteiger partial charge in [-0.25, -0.2) is 0 Å². The summed E-state index contributed by atoms with van der Waals surface area (Å²) in [4.78, 5) is 0. The van der Waals surface area contributed by atoms with Crippen molar-refractivity contribution in [1.82, 2.24) is 0 Å². The largest absolute Gasteiger partial charge is 0.396 e. The van der Waals surface area contributed by atoms with E-state index >= 15 is 0 Å². The smallest absolute Gasteiger partial charge is 0.163 e. The molecule has 0 aromatic rings. The van der Waals surface area contributed by atoms with Crippen LogP contribution in [0.1, 0.15) is 33.1 Å². The summed E-state index contributed by atoms with van der Waals surface area (Å²) in [5, 5.41) is 41.1. The minimum Gasteiger partial charge on any atom is -0.396 e. The molecule has 5 aliphatic heterocycles. The first-order chi connectivity index (χ1) is 14.3. The lowest BCUT2D eigenvalue weighted by atomic mass is 9.81. The fourth-order valence-corrected chi connectivity index (χ4v) is 5.48. The van der Waals surface area contributed by atoms with E-state index in [0.717, 1.165) is 0 Å². The highest BCUT2D eigenvalue weighted by Gasteiger charge is 2.59. The number of ether oxygens (including phenoxy) is 6. The number of aliphatic hydroxyl groups excluding tert-OH is 4. The first-order valence-electron chi connectivity index (χ1n) is 10.9. The van der Waals surface area contributed by atoms with Gasteiger partial charge in [0.05, 0.1) is 37.1 Å². The van der Waals surface area contributed by atoms with Gasteiger partial charge in [0, 0.05) is 19.4 Å². The highest BCUT2D eigenvalue weighted by Crippen LogP contribution is 2.43. The molecule has 4 N–H and O–H groups in total. The average Bonchev–Trinajstić information content (AvgIpc) is 2.70. The molecule has 0 bridgehead atoms. The molecule has 12 atom stereocenters. The van der Waals surface area contributed by atoms with Crippen molar-refractivity contribution in [2.24, 2.45) is 0 Å². The van der Waals surface area contributed by atoms with E-state index in [2.05, 4.69) is 0 Å². The molecule has 10 heteroatoms. The molecule has 0 aromatic heterocycles. The van der Waals surface area contributed by atoms with Crippen LogP contribution in [0.25, 0.3) is 0 Å². The average molecular weight is 432 g/mol. The summed E-state index contributed by atoms with van der Waals surface area (Å²) in [6.07, 6.45) is -6.70. The molecule has 0 saturated carbocycles. The first kappa shape index (κ1) is 21.4. The topological polar surface area (TPSA) is 136 Å².